The van der Waals surface area contributed by atoms with Crippen molar-refractivity contribution in [3.63, 3.8) is 0 Å². The highest BCUT2D eigenvalue weighted by molar-refractivity contribution is 5.98. The van der Waals surface area contributed by atoms with Crippen molar-refractivity contribution in [2.24, 2.45) is 10.9 Å². The summed E-state index contributed by atoms with van der Waals surface area (Å²) in [5.41, 5.74) is 4.89. The van der Waals surface area contributed by atoms with Crippen molar-refractivity contribution < 1.29 is 14.6 Å². The van der Waals surface area contributed by atoms with Gasteiger partial charge in [-0.15, -0.1) is 0 Å². The number of amidine groups is 1. The van der Waals surface area contributed by atoms with Gasteiger partial charge in [-0.25, -0.2) is 4.99 Å². The molecule has 1 unspecified atom stereocenters. The molecule has 0 spiro atoms. The summed E-state index contributed by atoms with van der Waals surface area (Å²) in [5, 5.41) is 13.3. The number of morpholine rings is 1. The predicted molar refractivity (Wildman–Crippen MR) is 133 cm³/mol. The molecule has 1 aromatic rings. The summed E-state index contributed by atoms with van der Waals surface area (Å²) in [6.45, 7) is 10.0. The number of carbonyl (C=O) groups is 1. The third-order valence-corrected chi connectivity index (χ3v) is 7.61. The molecule has 2 fully saturated rings. The van der Waals surface area contributed by atoms with Crippen LogP contribution in [0.3, 0.4) is 0 Å². The van der Waals surface area contributed by atoms with Crippen molar-refractivity contribution in [2.75, 3.05) is 31.6 Å². The molecular weight excluding hydrogens is 414 g/mol. The van der Waals surface area contributed by atoms with E-state index in [1.165, 1.54) is 11.3 Å². The van der Waals surface area contributed by atoms with Gasteiger partial charge in [0.1, 0.15) is 5.84 Å². The van der Waals surface area contributed by atoms with Crippen molar-refractivity contribution in [3.8, 4) is 0 Å². The van der Waals surface area contributed by atoms with Gasteiger partial charge in [0.25, 0.3) is 0 Å². The standard InChI is InChI=1S/C27H37N3O3/c1-4-19(2)25(28-22-11-9-21(10-12-22)27(26(31)32)13-6-14-27)29-24-8-5-7-23(24)20(3)30-15-17-33-18-16-30/h8-12,19H,4-7,13-18H2,1-3H3,(H,28,29)(H,31,32)/b23-20+. The number of allylic oxidation sites excluding steroid dienone is 3. The number of carboxylic acid groups (broad SMARTS) is 1. The van der Waals surface area contributed by atoms with Crippen molar-refractivity contribution in [3.05, 3.63) is 52.9 Å². The van der Waals surface area contributed by atoms with Crippen molar-refractivity contribution in [1.82, 2.24) is 4.90 Å². The second-order valence-electron chi connectivity index (χ2n) is 9.54. The van der Waals surface area contributed by atoms with Gasteiger partial charge in [0.15, 0.2) is 0 Å². The monoisotopic (exact) mass is 451 g/mol. The van der Waals surface area contributed by atoms with Crippen LogP contribution in [0.2, 0.25) is 0 Å². The molecule has 1 aromatic carbocycles. The normalized spacial score (nSPS) is 22.9. The van der Waals surface area contributed by atoms with Crippen LogP contribution in [0, 0.1) is 5.92 Å². The molecule has 1 aliphatic heterocycles. The Hall–Kier alpha value is -2.60. The number of nitrogens with one attached hydrogen (secondary N) is 1. The fraction of sp³-hybridized carbons (Fsp3) is 0.556. The van der Waals surface area contributed by atoms with Crippen LogP contribution in [0.25, 0.3) is 0 Å². The van der Waals surface area contributed by atoms with E-state index in [0.717, 1.165) is 87.6 Å². The fourth-order valence-corrected chi connectivity index (χ4v) is 4.93. The smallest absolute Gasteiger partial charge is 0.314 e. The number of aliphatic imine (C=N–C) groups is 1. The molecule has 1 atom stereocenters. The largest absolute Gasteiger partial charge is 0.481 e. The number of rotatable bonds is 7. The molecule has 4 rings (SSSR count). The minimum absolute atomic E-state index is 0.285. The molecule has 1 heterocycles. The van der Waals surface area contributed by atoms with Gasteiger partial charge in [-0.05, 0) is 62.3 Å². The lowest BCUT2D eigenvalue weighted by Crippen LogP contribution is -2.42. The highest BCUT2D eigenvalue weighted by Gasteiger charge is 2.45. The van der Waals surface area contributed by atoms with Crippen LogP contribution in [-0.4, -0.2) is 48.1 Å². The Morgan fingerprint density at radius 1 is 1.24 bits per heavy atom. The van der Waals surface area contributed by atoms with E-state index in [-0.39, 0.29) is 5.92 Å². The van der Waals surface area contributed by atoms with Crippen LogP contribution in [-0.2, 0) is 14.9 Å². The first-order valence-corrected chi connectivity index (χ1v) is 12.4. The van der Waals surface area contributed by atoms with Gasteiger partial charge in [0.2, 0.25) is 0 Å². The van der Waals surface area contributed by atoms with Crippen LogP contribution in [0.4, 0.5) is 5.69 Å². The molecule has 3 aliphatic rings. The zero-order chi connectivity index (χ0) is 23.4. The van der Waals surface area contributed by atoms with E-state index < -0.39 is 11.4 Å². The fourth-order valence-electron chi connectivity index (χ4n) is 4.93. The third kappa shape index (κ3) is 4.86. The van der Waals surface area contributed by atoms with Crippen LogP contribution < -0.4 is 5.32 Å². The Morgan fingerprint density at radius 3 is 2.52 bits per heavy atom. The maximum Gasteiger partial charge on any atom is 0.314 e. The average Bonchev–Trinajstić information content (AvgIpc) is 3.26. The SMILES string of the molecule is CCC(C)C(=NC1=CCC/C1=C(/C)N1CCOCC1)Nc1ccc(C2(C(=O)O)CCC2)cc1. The summed E-state index contributed by atoms with van der Waals surface area (Å²) in [7, 11) is 0. The van der Waals surface area contributed by atoms with E-state index in [1.54, 1.807) is 0 Å². The zero-order valence-electron chi connectivity index (χ0n) is 20.2. The van der Waals surface area contributed by atoms with Gasteiger partial charge in [0, 0.05) is 30.4 Å². The van der Waals surface area contributed by atoms with Crippen LogP contribution in [0.5, 0.6) is 0 Å². The Bertz CT molecular complexity index is 951. The molecule has 33 heavy (non-hydrogen) atoms. The van der Waals surface area contributed by atoms with Crippen molar-refractivity contribution >= 4 is 17.5 Å². The lowest BCUT2D eigenvalue weighted by molar-refractivity contribution is -0.147. The number of carboxylic acids is 1. The summed E-state index contributed by atoms with van der Waals surface area (Å²) < 4.78 is 5.52. The molecule has 0 radical (unpaired) electrons. The van der Waals surface area contributed by atoms with E-state index in [4.69, 9.17) is 9.73 Å². The molecule has 0 amide bonds. The molecular formula is C27H37N3O3. The molecule has 6 nitrogen and oxygen atoms in total. The van der Waals surface area contributed by atoms with Crippen molar-refractivity contribution in [1.29, 1.82) is 0 Å². The highest BCUT2D eigenvalue weighted by atomic mass is 16.5. The minimum Gasteiger partial charge on any atom is -0.481 e. The third-order valence-electron chi connectivity index (χ3n) is 7.61. The van der Waals surface area contributed by atoms with Crippen LogP contribution in [0.15, 0.2) is 52.3 Å². The van der Waals surface area contributed by atoms with Gasteiger partial charge < -0.3 is 20.1 Å². The summed E-state index contributed by atoms with van der Waals surface area (Å²) >= 11 is 0. The predicted octanol–water partition coefficient (Wildman–Crippen LogP) is 5.33. The first kappa shape index (κ1) is 23.6. The average molecular weight is 452 g/mol. The summed E-state index contributed by atoms with van der Waals surface area (Å²) in [6, 6.07) is 7.92. The molecule has 2 N–H and O–H groups in total. The number of anilines is 1. The molecule has 2 aliphatic carbocycles. The highest BCUT2D eigenvalue weighted by Crippen LogP contribution is 2.44. The van der Waals surface area contributed by atoms with E-state index in [1.807, 2.05) is 24.3 Å². The van der Waals surface area contributed by atoms with Gasteiger partial charge in [-0.1, -0.05) is 38.5 Å². The first-order valence-electron chi connectivity index (χ1n) is 12.4. The summed E-state index contributed by atoms with van der Waals surface area (Å²) in [4.78, 5) is 19.4. The van der Waals surface area contributed by atoms with E-state index in [2.05, 4.69) is 37.1 Å². The van der Waals surface area contributed by atoms with Crippen molar-refractivity contribution in [2.45, 2.75) is 64.7 Å². The second kappa shape index (κ2) is 10.1. The molecule has 1 saturated heterocycles. The Labute approximate surface area is 197 Å². The second-order valence-corrected chi connectivity index (χ2v) is 9.54. The number of aliphatic carboxylic acids is 1. The maximum atomic E-state index is 11.8. The Kier molecular flexibility index (Phi) is 7.23. The minimum atomic E-state index is -0.709. The number of hydrogen-bond acceptors (Lipinski definition) is 4. The number of hydrogen-bond donors (Lipinski definition) is 2. The zero-order valence-corrected chi connectivity index (χ0v) is 20.2. The topological polar surface area (TPSA) is 74.2 Å². The van der Waals surface area contributed by atoms with Gasteiger partial charge in [-0.3, -0.25) is 4.79 Å². The Balaban J connectivity index is 1.55. The number of nitrogens with zero attached hydrogens (tertiary/aromatic N) is 2. The van der Waals surface area contributed by atoms with E-state index in [9.17, 15) is 9.90 Å². The first-order chi connectivity index (χ1) is 15.9. The molecule has 6 heteroatoms. The molecule has 1 saturated carbocycles. The maximum absolute atomic E-state index is 11.8. The lowest BCUT2D eigenvalue weighted by atomic mass is 9.64. The quantitative estimate of drug-likeness (QED) is 0.433. The number of benzene rings is 1. The summed E-state index contributed by atoms with van der Waals surface area (Å²) in [5.74, 6) is 0.537. The van der Waals surface area contributed by atoms with E-state index >= 15 is 0 Å². The number of ether oxygens (including phenoxy) is 1. The molecule has 178 valence electrons. The molecule has 0 aromatic heterocycles. The van der Waals surface area contributed by atoms with Gasteiger partial charge in [-0.2, -0.15) is 0 Å². The van der Waals surface area contributed by atoms with Crippen LogP contribution >= 0.6 is 0 Å². The van der Waals surface area contributed by atoms with Crippen LogP contribution in [0.1, 0.15) is 64.9 Å². The molecule has 0 bridgehead atoms. The Morgan fingerprint density at radius 2 is 1.94 bits per heavy atom. The van der Waals surface area contributed by atoms with E-state index in [0.29, 0.717) is 0 Å². The van der Waals surface area contributed by atoms with Gasteiger partial charge >= 0.3 is 5.97 Å². The lowest BCUT2D eigenvalue weighted by Gasteiger charge is -2.38. The van der Waals surface area contributed by atoms with Gasteiger partial charge in [0.05, 0.1) is 24.3 Å². The summed E-state index contributed by atoms with van der Waals surface area (Å²) in [6.07, 6.45) is 7.71.